The van der Waals surface area contributed by atoms with Crippen LogP contribution >= 0.6 is 11.6 Å². The van der Waals surface area contributed by atoms with E-state index in [9.17, 15) is 13.2 Å². The molecule has 22 heavy (non-hydrogen) atoms. The largest absolute Gasteiger partial charge is 0.398 e. The molecule has 0 atom stereocenters. The average molecular weight is 339 g/mol. The van der Waals surface area contributed by atoms with Gasteiger partial charge in [-0.05, 0) is 42.5 Å². The van der Waals surface area contributed by atoms with E-state index in [1.54, 1.807) is 19.1 Å². The molecule has 0 saturated heterocycles. The Labute approximate surface area is 134 Å². The number of nitrogens with one attached hydrogen (secondary N) is 1. The van der Waals surface area contributed by atoms with E-state index in [4.69, 9.17) is 17.3 Å². The lowest BCUT2D eigenvalue weighted by molar-refractivity contribution is 0.102. The molecule has 0 bridgehead atoms. The highest BCUT2D eigenvalue weighted by atomic mass is 35.5. The van der Waals surface area contributed by atoms with Gasteiger partial charge in [0.15, 0.2) is 9.84 Å². The van der Waals surface area contributed by atoms with Crippen molar-refractivity contribution in [3.63, 3.8) is 0 Å². The molecule has 0 fully saturated rings. The zero-order valence-corrected chi connectivity index (χ0v) is 13.4. The molecule has 0 unspecified atom stereocenters. The fourth-order valence-electron chi connectivity index (χ4n) is 1.84. The number of rotatable bonds is 4. The van der Waals surface area contributed by atoms with Crippen LogP contribution in [0.3, 0.4) is 0 Å². The Bertz CT molecular complexity index is 802. The number of amides is 1. The lowest BCUT2D eigenvalue weighted by atomic mass is 10.1. The Kier molecular flexibility index (Phi) is 4.73. The van der Waals surface area contributed by atoms with Crippen LogP contribution < -0.4 is 11.1 Å². The van der Waals surface area contributed by atoms with Crippen molar-refractivity contribution < 1.29 is 13.2 Å². The zero-order chi connectivity index (χ0) is 16.3. The van der Waals surface area contributed by atoms with Crippen LogP contribution in [0.2, 0.25) is 5.02 Å². The van der Waals surface area contributed by atoms with Crippen LogP contribution in [0.4, 0.5) is 11.4 Å². The molecule has 0 saturated carbocycles. The first-order valence-corrected chi connectivity index (χ1v) is 8.55. The number of sulfone groups is 1. The summed E-state index contributed by atoms with van der Waals surface area (Å²) in [4.78, 5) is 12.4. The standard InChI is InChI=1S/C15H15ClN2O3S/c1-2-22(20,21)12-6-4-11(5-7-12)18-15(19)13-9-10(16)3-8-14(13)17/h3-9H,2,17H2,1H3,(H,18,19). The summed E-state index contributed by atoms with van der Waals surface area (Å²) in [6.45, 7) is 1.58. The first-order valence-electron chi connectivity index (χ1n) is 6.52. The maximum absolute atomic E-state index is 12.2. The fourth-order valence-corrected chi connectivity index (χ4v) is 2.89. The molecule has 0 aliphatic carbocycles. The predicted octanol–water partition coefficient (Wildman–Crippen LogP) is 2.97. The minimum atomic E-state index is -3.26. The molecule has 0 aliphatic rings. The van der Waals surface area contributed by atoms with Crippen LogP contribution in [0.25, 0.3) is 0 Å². The van der Waals surface area contributed by atoms with E-state index in [1.807, 2.05) is 0 Å². The number of carbonyl (C=O) groups is 1. The molecular formula is C15H15ClN2O3S. The molecule has 3 N–H and O–H groups in total. The Hall–Kier alpha value is -2.05. The Morgan fingerprint density at radius 1 is 1.18 bits per heavy atom. The van der Waals surface area contributed by atoms with Crippen molar-refractivity contribution in [2.45, 2.75) is 11.8 Å². The van der Waals surface area contributed by atoms with Gasteiger partial charge >= 0.3 is 0 Å². The van der Waals surface area contributed by atoms with Crippen LogP contribution in [0.1, 0.15) is 17.3 Å². The van der Waals surface area contributed by atoms with Gasteiger partial charge in [0, 0.05) is 16.4 Å². The highest BCUT2D eigenvalue weighted by Gasteiger charge is 2.13. The van der Waals surface area contributed by atoms with E-state index in [0.717, 1.165) is 0 Å². The number of anilines is 2. The van der Waals surface area contributed by atoms with Gasteiger partial charge in [-0.3, -0.25) is 4.79 Å². The molecule has 0 heterocycles. The van der Waals surface area contributed by atoms with Gasteiger partial charge in [-0.2, -0.15) is 0 Å². The summed E-state index contributed by atoms with van der Waals surface area (Å²) in [7, 11) is -3.26. The molecule has 7 heteroatoms. The fraction of sp³-hybridized carbons (Fsp3) is 0.133. The number of benzene rings is 2. The molecule has 5 nitrogen and oxygen atoms in total. The van der Waals surface area contributed by atoms with Crippen LogP contribution in [-0.4, -0.2) is 20.1 Å². The van der Waals surface area contributed by atoms with Crippen molar-refractivity contribution >= 4 is 38.7 Å². The third-order valence-electron chi connectivity index (χ3n) is 3.11. The molecule has 1 amide bonds. The van der Waals surface area contributed by atoms with Crippen molar-refractivity contribution in [1.29, 1.82) is 0 Å². The van der Waals surface area contributed by atoms with Gasteiger partial charge < -0.3 is 11.1 Å². The Balaban J connectivity index is 2.21. The Morgan fingerprint density at radius 3 is 2.41 bits per heavy atom. The smallest absolute Gasteiger partial charge is 0.257 e. The summed E-state index contributed by atoms with van der Waals surface area (Å²) in [6.07, 6.45) is 0. The molecule has 0 aromatic heterocycles. The van der Waals surface area contributed by atoms with Crippen LogP contribution in [0, 0.1) is 0 Å². The molecule has 2 aromatic rings. The second-order valence-corrected chi connectivity index (χ2v) is 7.33. The summed E-state index contributed by atoms with van der Waals surface area (Å²) >= 11 is 5.85. The van der Waals surface area contributed by atoms with E-state index >= 15 is 0 Å². The Morgan fingerprint density at radius 2 is 1.82 bits per heavy atom. The first-order chi connectivity index (χ1) is 10.3. The number of hydrogen-bond donors (Lipinski definition) is 2. The number of nitrogens with two attached hydrogens (primary N) is 1. The maximum atomic E-state index is 12.2. The van der Waals surface area contributed by atoms with E-state index in [0.29, 0.717) is 16.4 Å². The minimum absolute atomic E-state index is 0.0255. The SMILES string of the molecule is CCS(=O)(=O)c1ccc(NC(=O)c2cc(Cl)ccc2N)cc1. The first kappa shape index (κ1) is 16.3. The molecule has 0 spiro atoms. The van der Waals surface area contributed by atoms with Crippen molar-refractivity contribution in [2.24, 2.45) is 0 Å². The number of carbonyl (C=O) groups excluding carboxylic acids is 1. The summed E-state index contributed by atoms with van der Waals surface area (Å²) in [5.74, 6) is -0.385. The van der Waals surface area contributed by atoms with E-state index < -0.39 is 15.7 Å². The van der Waals surface area contributed by atoms with E-state index in [1.165, 1.54) is 30.3 Å². The van der Waals surface area contributed by atoms with Crippen molar-refractivity contribution in [2.75, 3.05) is 16.8 Å². The minimum Gasteiger partial charge on any atom is -0.398 e. The van der Waals surface area contributed by atoms with Gasteiger partial charge in [-0.15, -0.1) is 0 Å². The second-order valence-electron chi connectivity index (χ2n) is 4.61. The quantitative estimate of drug-likeness (QED) is 0.839. The van der Waals surface area contributed by atoms with Crippen LogP contribution in [0.15, 0.2) is 47.4 Å². The molecule has 0 aliphatic heterocycles. The molecule has 0 radical (unpaired) electrons. The number of nitrogen functional groups attached to an aromatic ring is 1. The molecule has 2 rings (SSSR count). The predicted molar refractivity (Wildman–Crippen MR) is 88.0 cm³/mol. The molecule has 116 valence electrons. The van der Waals surface area contributed by atoms with Crippen molar-refractivity contribution in [3.05, 3.63) is 53.1 Å². The van der Waals surface area contributed by atoms with Gasteiger partial charge in [-0.25, -0.2) is 8.42 Å². The molecular weight excluding hydrogens is 324 g/mol. The van der Waals surface area contributed by atoms with Crippen molar-refractivity contribution in [3.8, 4) is 0 Å². The maximum Gasteiger partial charge on any atom is 0.257 e. The highest BCUT2D eigenvalue weighted by Crippen LogP contribution is 2.20. The van der Waals surface area contributed by atoms with Crippen LogP contribution in [0.5, 0.6) is 0 Å². The van der Waals surface area contributed by atoms with E-state index in [2.05, 4.69) is 5.32 Å². The normalized spacial score (nSPS) is 11.2. The summed E-state index contributed by atoms with van der Waals surface area (Å²) < 4.78 is 23.4. The monoisotopic (exact) mass is 338 g/mol. The van der Waals surface area contributed by atoms with Gasteiger partial charge in [0.25, 0.3) is 5.91 Å². The zero-order valence-electron chi connectivity index (χ0n) is 11.8. The summed E-state index contributed by atoms with van der Waals surface area (Å²) in [5, 5.41) is 3.06. The number of halogens is 1. The van der Waals surface area contributed by atoms with Crippen molar-refractivity contribution in [1.82, 2.24) is 0 Å². The topological polar surface area (TPSA) is 89.3 Å². The van der Waals surface area contributed by atoms with Gasteiger partial charge in [0.1, 0.15) is 0 Å². The summed E-state index contributed by atoms with van der Waals surface area (Å²) in [6, 6.07) is 10.6. The van der Waals surface area contributed by atoms with Gasteiger partial charge in [-0.1, -0.05) is 18.5 Å². The van der Waals surface area contributed by atoms with E-state index in [-0.39, 0.29) is 16.2 Å². The lowest BCUT2D eigenvalue weighted by Gasteiger charge is -2.09. The number of hydrogen-bond acceptors (Lipinski definition) is 4. The average Bonchev–Trinajstić information content (AvgIpc) is 2.50. The lowest BCUT2D eigenvalue weighted by Crippen LogP contribution is -2.14. The molecule has 2 aromatic carbocycles. The summed E-state index contributed by atoms with van der Waals surface area (Å²) in [5.41, 5.74) is 6.79. The third-order valence-corrected chi connectivity index (χ3v) is 5.10. The highest BCUT2D eigenvalue weighted by molar-refractivity contribution is 7.91. The third kappa shape index (κ3) is 3.58. The van der Waals surface area contributed by atoms with Crippen LogP contribution in [-0.2, 0) is 9.84 Å². The second kappa shape index (κ2) is 6.37. The van der Waals surface area contributed by atoms with Gasteiger partial charge in [0.05, 0.1) is 16.2 Å². The van der Waals surface area contributed by atoms with Gasteiger partial charge in [0.2, 0.25) is 0 Å².